The van der Waals surface area contributed by atoms with Crippen molar-refractivity contribution in [3.8, 4) is 0 Å². The molecule has 0 aromatic heterocycles. The first-order valence-electron chi connectivity index (χ1n) is 5.50. The molecule has 90 valence electrons. The first-order chi connectivity index (χ1) is 7.36. The van der Waals surface area contributed by atoms with Crippen LogP contribution >= 0.6 is 0 Å². The van der Waals surface area contributed by atoms with Crippen molar-refractivity contribution >= 4 is 0 Å². The molecule has 0 saturated carbocycles. The van der Waals surface area contributed by atoms with E-state index < -0.39 is 6.10 Å². The van der Waals surface area contributed by atoms with Crippen LogP contribution in [0, 0.1) is 11.2 Å². The van der Waals surface area contributed by atoms with Gasteiger partial charge in [-0.3, -0.25) is 0 Å². The van der Waals surface area contributed by atoms with Crippen molar-refractivity contribution in [1.29, 1.82) is 0 Å². The van der Waals surface area contributed by atoms with Gasteiger partial charge in [0.2, 0.25) is 0 Å². The van der Waals surface area contributed by atoms with Gasteiger partial charge in [0.1, 0.15) is 5.82 Å². The lowest BCUT2D eigenvalue weighted by atomic mass is 9.78. The van der Waals surface area contributed by atoms with Gasteiger partial charge in [0.05, 0.1) is 6.10 Å². The molecule has 0 spiro atoms. The molecule has 1 aromatic rings. The number of nitrogens with two attached hydrogens (primary N) is 1. The molecule has 2 unspecified atom stereocenters. The smallest absolute Gasteiger partial charge is 0.123 e. The first-order valence-corrected chi connectivity index (χ1v) is 5.50. The van der Waals surface area contributed by atoms with Crippen LogP contribution in [0.15, 0.2) is 24.3 Å². The summed E-state index contributed by atoms with van der Waals surface area (Å²) in [5.74, 6) is -0.426. The molecule has 2 nitrogen and oxygen atoms in total. The number of benzene rings is 1. The minimum absolute atomic E-state index is 0.152. The Labute approximate surface area is 96.3 Å². The van der Waals surface area contributed by atoms with Crippen molar-refractivity contribution in [3.05, 3.63) is 35.6 Å². The maximum atomic E-state index is 12.8. The Kier molecular flexibility index (Phi) is 4.05. The van der Waals surface area contributed by atoms with Crippen LogP contribution in [0.2, 0.25) is 0 Å². The Bertz CT molecular complexity index is 329. The van der Waals surface area contributed by atoms with E-state index in [-0.39, 0.29) is 17.2 Å². The van der Waals surface area contributed by atoms with E-state index in [1.807, 2.05) is 20.8 Å². The second-order valence-corrected chi connectivity index (χ2v) is 5.20. The van der Waals surface area contributed by atoms with Crippen molar-refractivity contribution in [2.24, 2.45) is 11.1 Å². The molecule has 0 radical (unpaired) electrons. The zero-order valence-corrected chi connectivity index (χ0v) is 10.1. The van der Waals surface area contributed by atoms with Crippen molar-refractivity contribution in [2.75, 3.05) is 6.54 Å². The third kappa shape index (κ3) is 3.03. The van der Waals surface area contributed by atoms with Crippen LogP contribution in [0.5, 0.6) is 0 Å². The summed E-state index contributed by atoms with van der Waals surface area (Å²) in [6, 6.07) is 6.16. The van der Waals surface area contributed by atoms with Crippen LogP contribution in [0.1, 0.15) is 32.3 Å². The summed E-state index contributed by atoms with van der Waals surface area (Å²) in [7, 11) is 0. The fraction of sp³-hybridized carbons (Fsp3) is 0.538. The van der Waals surface area contributed by atoms with E-state index >= 15 is 0 Å². The lowest BCUT2D eigenvalue weighted by molar-refractivity contribution is 0.0407. The van der Waals surface area contributed by atoms with Crippen LogP contribution in [0.4, 0.5) is 4.39 Å². The van der Waals surface area contributed by atoms with Gasteiger partial charge in [-0.2, -0.15) is 0 Å². The normalized spacial score (nSPS) is 15.9. The van der Waals surface area contributed by atoms with E-state index in [0.29, 0.717) is 6.54 Å². The van der Waals surface area contributed by atoms with E-state index in [1.165, 1.54) is 12.1 Å². The van der Waals surface area contributed by atoms with Crippen LogP contribution < -0.4 is 5.73 Å². The molecule has 1 rings (SSSR count). The number of rotatable bonds is 3. The molecule has 0 bridgehead atoms. The van der Waals surface area contributed by atoms with Gasteiger partial charge in [-0.05, 0) is 23.1 Å². The van der Waals surface area contributed by atoms with E-state index in [2.05, 4.69) is 0 Å². The van der Waals surface area contributed by atoms with Crippen LogP contribution in [-0.2, 0) is 0 Å². The Morgan fingerprint density at radius 1 is 1.25 bits per heavy atom. The van der Waals surface area contributed by atoms with E-state index in [1.54, 1.807) is 12.1 Å². The van der Waals surface area contributed by atoms with Crippen molar-refractivity contribution in [1.82, 2.24) is 0 Å². The van der Waals surface area contributed by atoms with Crippen molar-refractivity contribution in [3.63, 3.8) is 0 Å². The van der Waals surface area contributed by atoms with Crippen LogP contribution in [-0.4, -0.2) is 17.8 Å². The van der Waals surface area contributed by atoms with Gasteiger partial charge in [0.25, 0.3) is 0 Å². The summed E-state index contributed by atoms with van der Waals surface area (Å²) < 4.78 is 12.8. The average molecular weight is 225 g/mol. The van der Waals surface area contributed by atoms with Gasteiger partial charge in [0.15, 0.2) is 0 Å². The van der Waals surface area contributed by atoms with E-state index in [4.69, 9.17) is 5.73 Å². The topological polar surface area (TPSA) is 46.2 Å². The van der Waals surface area contributed by atoms with Crippen molar-refractivity contribution < 1.29 is 9.50 Å². The predicted molar refractivity (Wildman–Crippen MR) is 63.7 cm³/mol. The summed E-state index contributed by atoms with van der Waals surface area (Å²) in [5, 5.41) is 10.2. The minimum atomic E-state index is -0.539. The van der Waals surface area contributed by atoms with E-state index in [9.17, 15) is 9.50 Å². The molecule has 16 heavy (non-hydrogen) atoms. The molecule has 0 aliphatic rings. The zero-order chi connectivity index (χ0) is 12.3. The highest BCUT2D eigenvalue weighted by atomic mass is 19.1. The quantitative estimate of drug-likeness (QED) is 0.829. The third-order valence-electron chi connectivity index (χ3n) is 2.82. The van der Waals surface area contributed by atoms with Crippen LogP contribution in [0.3, 0.4) is 0 Å². The van der Waals surface area contributed by atoms with Gasteiger partial charge >= 0.3 is 0 Å². The summed E-state index contributed by atoms with van der Waals surface area (Å²) >= 11 is 0. The van der Waals surface area contributed by atoms with Crippen LogP contribution in [0.25, 0.3) is 0 Å². The lowest BCUT2D eigenvalue weighted by Gasteiger charge is -2.32. The highest BCUT2D eigenvalue weighted by molar-refractivity contribution is 5.22. The standard InChI is InChI=1S/C13H20FNO/c1-13(2,3)12(16)11(8-15)9-4-6-10(14)7-5-9/h4-7,11-12,16H,8,15H2,1-3H3. The fourth-order valence-electron chi connectivity index (χ4n) is 1.76. The minimum Gasteiger partial charge on any atom is -0.392 e. The fourth-order valence-corrected chi connectivity index (χ4v) is 1.76. The molecular weight excluding hydrogens is 205 g/mol. The molecule has 0 amide bonds. The Balaban J connectivity index is 2.94. The highest BCUT2D eigenvalue weighted by Gasteiger charge is 2.30. The molecule has 3 heteroatoms. The number of halogens is 1. The number of aliphatic hydroxyl groups excluding tert-OH is 1. The molecule has 0 saturated heterocycles. The summed E-state index contributed by atoms with van der Waals surface area (Å²) in [4.78, 5) is 0. The summed E-state index contributed by atoms with van der Waals surface area (Å²) in [6.07, 6.45) is -0.539. The molecular formula is C13H20FNO. The molecule has 0 aliphatic heterocycles. The first kappa shape index (κ1) is 13.1. The predicted octanol–water partition coefficient (Wildman–Crippen LogP) is 2.28. The Hall–Kier alpha value is -0.930. The molecule has 0 heterocycles. The SMILES string of the molecule is CC(C)(C)C(O)C(CN)c1ccc(F)cc1. The molecule has 2 atom stereocenters. The number of hydrogen-bond acceptors (Lipinski definition) is 2. The maximum Gasteiger partial charge on any atom is 0.123 e. The third-order valence-corrected chi connectivity index (χ3v) is 2.82. The molecule has 3 N–H and O–H groups in total. The van der Waals surface area contributed by atoms with Gasteiger partial charge in [-0.15, -0.1) is 0 Å². The number of hydrogen-bond donors (Lipinski definition) is 2. The highest BCUT2D eigenvalue weighted by Crippen LogP contribution is 2.31. The Morgan fingerprint density at radius 2 is 1.75 bits per heavy atom. The summed E-state index contributed by atoms with van der Waals surface area (Å²) in [6.45, 7) is 6.24. The van der Waals surface area contributed by atoms with Gasteiger partial charge in [-0.1, -0.05) is 32.9 Å². The van der Waals surface area contributed by atoms with Gasteiger partial charge in [-0.25, -0.2) is 4.39 Å². The summed E-state index contributed by atoms with van der Waals surface area (Å²) in [5.41, 5.74) is 6.33. The molecule has 1 aromatic carbocycles. The molecule has 0 aliphatic carbocycles. The average Bonchev–Trinajstić information content (AvgIpc) is 2.20. The van der Waals surface area contributed by atoms with Gasteiger partial charge in [0, 0.05) is 12.5 Å². The second kappa shape index (κ2) is 4.93. The number of aliphatic hydroxyl groups is 1. The second-order valence-electron chi connectivity index (χ2n) is 5.20. The zero-order valence-electron chi connectivity index (χ0n) is 10.1. The van der Waals surface area contributed by atoms with Gasteiger partial charge < -0.3 is 10.8 Å². The largest absolute Gasteiger partial charge is 0.392 e. The monoisotopic (exact) mass is 225 g/mol. The Morgan fingerprint density at radius 3 is 2.12 bits per heavy atom. The van der Waals surface area contributed by atoms with E-state index in [0.717, 1.165) is 5.56 Å². The molecule has 0 fully saturated rings. The maximum absolute atomic E-state index is 12.8. The van der Waals surface area contributed by atoms with Crippen molar-refractivity contribution in [2.45, 2.75) is 32.8 Å². The lowest BCUT2D eigenvalue weighted by Crippen LogP contribution is -2.36.